The Morgan fingerprint density at radius 3 is 2.97 bits per heavy atom. The minimum absolute atomic E-state index is 0.268. The second-order valence-corrected chi connectivity index (χ2v) is 6.41. The van der Waals surface area contributed by atoms with E-state index in [0.29, 0.717) is 17.9 Å². The van der Waals surface area contributed by atoms with Gasteiger partial charge in [0.15, 0.2) is 5.82 Å². The van der Waals surface area contributed by atoms with Crippen LogP contribution in [0, 0.1) is 0 Å². The maximum absolute atomic E-state index is 11.6. The van der Waals surface area contributed by atoms with E-state index in [1.54, 1.807) is 31.9 Å². The minimum atomic E-state index is -0.268. The van der Waals surface area contributed by atoms with E-state index in [1.165, 1.54) is 6.08 Å². The summed E-state index contributed by atoms with van der Waals surface area (Å²) in [4.78, 5) is 25.1. The fourth-order valence-electron chi connectivity index (χ4n) is 3.05. The molecule has 0 aliphatic carbocycles. The summed E-state index contributed by atoms with van der Waals surface area (Å²) >= 11 is 0. The minimum Gasteiger partial charge on any atom is -0.497 e. The lowest BCUT2D eigenvalue weighted by atomic mass is 10.1. The summed E-state index contributed by atoms with van der Waals surface area (Å²) in [5.74, 6) is 1.19. The van der Waals surface area contributed by atoms with Crippen LogP contribution in [-0.4, -0.2) is 32.5 Å². The van der Waals surface area contributed by atoms with Gasteiger partial charge in [-0.1, -0.05) is 18.7 Å². The summed E-state index contributed by atoms with van der Waals surface area (Å²) < 4.78 is 7.13. The highest BCUT2D eigenvalue weighted by molar-refractivity contribution is 6.00. The van der Waals surface area contributed by atoms with Crippen LogP contribution in [0.1, 0.15) is 11.3 Å². The van der Waals surface area contributed by atoms with Crippen molar-refractivity contribution in [3.8, 4) is 11.6 Å². The number of hydrogen-bond donors (Lipinski definition) is 1. The molecule has 2 heterocycles. The quantitative estimate of drug-likeness (QED) is 0.514. The van der Waals surface area contributed by atoms with E-state index in [4.69, 9.17) is 9.72 Å². The van der Waals surface area contributed by atoms with Gasteiger partial charge in [0.2, 0.25) is 5.91 Å². The number of fused-ring (bicyclic) bond motifs is 1. The molecular weight excluding hydrogens is 366 g/mol. The Morgan fingerprint density at radius 2 is 2.14 bits per heavy atom. The molecular formula is C22H19N5O2. The molecule has 0 spiro atoms. The van der Waals surface area contributed by atoms with Crippen LogP contribution in [0.25, 0.3) is 16.9 Å². The SMILES string of the molecule is C=CC(=O)Nc1ccc2ncn(-c3cncc(Cc4cccc(OC)c4)n3)c2c1. The van der Waals surface area contributed by atoms with Gasteiger partial charge in [-0.3, -0.25) is 14.3 Å². The van der Waals surface area contributed by atoms with Crippen LogP contribution in [0.15, 0.2) is 73.8 Å². The van der Waals surface area contributed by atoms with Crippen molar-refractivity contribution in [3.05, 3.63) is 85.1 Å². The van der Waals surface area contributed by atoms with Crippen LogP contribution < -0.4 is 10.1 Å². The molecule has 2 aromatic carbocycles. The Balaban J connectivity index is 1.67. The zero-order chi connectivity index (χ0) is 20.2. The Bertz CT molecular complexity index is 1200. The normalized spacial score (nSPS) is 10.7. The molecule has 29 heavy (non-hydrogen) atoms. The standard InChI is InChI=1S/C22H19N5O2/c1-3-22(28)26-16-7-8-19-20(11-16)27(14-24-19)21-13-23-12-17(25-21)9-15-5-4-6-18(10-15)29-2/h3-8,10-14H,1,9H2,2H3,(H,26,28). The predicted octanol–water partition coefficient (Wildman–Crippen LogP) is 3.54. The highest BCUT2D eigenvalue weighted by atomic mass is 16.5. The number of carbonyl (C=O) groups excluding carboxylic acids is 1. The second-order valence-electron chi connectivity index (χ2n) is 6.41. The highest BCUT2D eigenvalue weighted by Gasteiger charge is 2.09. The van der Waals surface area contributed by atoms with Crippen LogP contribution in [0.4, 0.5) is 5.69 Å². The molecule has 1 N–H and O–H groups in total. The lowest BCUT2D eigenvalue weighted by Crippen LogP contribution is -2.07. The molecule has 0 saturated carbocycles. The molecule has 0 unspecified atom stereocenters. The van der Waals surface area contributed by atoms with Crippen molar-refractivity contribution in [3.63, 3.8) is 0 Å². The Kier molecular flexibility index (Phi) is 5.03. The van der Waals surface area contributed by atoms with Crippen LogP contribution >= 0.6 is 0 Å². The number of nitrogens with one attached hydrogen (secondary N) is 1. The maximum Gasteiger partial charge on any atom is 0.247 e. The van der Waals surface area contributed by atoms with Gasteiger partial charge in [0.05, 0.1) is 30.0 Å². The predicted molar refractivity (Wildman–Crippen MR) is 111 cm³/mol. The monoisotopic (exact) mass is 385 g/mol. The Hall–Kier alpha value is -4.00. The van der Waals surface area contributed by atoms with Crippen molar-refractivity contribution in [2.24, 2.45) is 0 Å². The molecule has 2 aromatic heterocycles. The fraction of sp³-hybridized carbons (Fsp3) is 0.0909. The lowest BCUT2D eigenvalue weighted by Gasteiger charge is -2.08. The number of amides is 1. The van der Waals surface area contributed by atoms with Gasteiger partial charge in [0, 0.05) is 18.3 Å². The van der Waals surface area contributed by atoms with Gasteiger partial charge in [0.1, 0.15) is 12.1 Å². The first-order valence-electron chi connectivity index (χ1n) is 9.01. The number of methoxy groups -OCH3 is 1. The number of carbonyl (C=O) groups is 1. The number of anilines is 1. The van der Waals surface area contributed by atoms with Gasteiger partial charge >= 0.3 is 0 Å². The summed E-state index contributed by atoms with van der Waals surface area (Å²) in [5.41, 5.74) is 4.18. The molecule has 0 atom stereocenters. The molecule has 144 valence electrons. The third kappa shape index (κ3) is 3.98. The lowest BCUT2D eigenvalue weighted by molar-refractivity contribution is -0.111. The van der Waals surface area contributed by atoms with Crippen molar-refractivity contribution in [2.75, 3.05) is 12.4 Å². The third-order valence-corrected chi connectivity index (χ3v) is 4.44. The molecule has 0 saturated heterocycles. The molecule has 0 bridgehead atoms. The smallest absolute Gasteiger partial charge is 0.247 e. The summed E-state index contributed by atoms with van der Waals surface area (Å²) in [6.07, 6.45) is 6.99. The topological polar surface area (TPSA) is 81.9 Å². The largest absolute Gasteiger partial charge is 0.497 e. The van der Waals surface area contributed by atoms with Gasteiger partial charge in [-0.2, -0.15) is 0 Å². The molecule has 0 aliphatic rings. The summed E-state index contributed by atoms with van der Waals surface area (Å²) in [6, 6.07) is 13.4. The van der Waals surface area contributed by atoms with Crippen LogP contribution in [-0.2, 0) is 11.2 Å². The van der Waals surface area contributed by atoms with Crippen molar-refractivity contribution in [2.45, 2.75) is 6.42 Å². The van der Waals surface area contributed by atoms with E-state index in [0.717, 1.165) is 28.0 Å². The molecule has 7 nitrogen and oxygen atoms in total. The van der Waals surface area contributed by atoms with E-state index < -0.39 is 0 Å². The Labute approximate surface area is 167 Å². The van der Waals surface area contributed by atoms with Crippen molar-refractivity contribution >= 4 is 22.6 Å². The number of rotatable bonds is 6. The van der Waals surface area contributed by atoms with Gasteiger partial charge in [-0.15, -0.1) is 0 Å². The van der Waals surface area contributed by atoms with Gasteiger partial charge in [-0.25, -0.2) is 9.97 Å². The first kappa shape index (κ1) is 18.4. The molecule has 7 heteroatoms. The van der Waals surface area contributed by atoms with E-state index in [-0.39, 0.29) is 5.91 Å². The van der Waals surface area contributed by atoms with E-state index >= 15 is 0 Å². The number of benzene rings is 2. The number of aromatic nitrogens is 4. The zero-order valence-electron chi connectivity index (χ0n) is 15.9. The average molecular weight is 385 g/mol. The highest BCUT2D eigenvalue weighted by Crippen LogP contribution is 2.22. The summed E-state index contributed by atoms with van der Waals surface area (Å²) in [5, 5.41) is 2.76. The number of hydrogen-bond acceptors (Lipinski definition) is 5. The van der Waals surface area contributed by atoms with E-state index in [9.17, 15) is 4.79 Å². The molecule has 0 radical (unpaired) electrons. The third-order valence-electron chi connectivity index (χ3n) is 4.44. The van der Waals surface area contributed by atoms with Gasteiger partial charge < -0.3 is 10.1 Å². The van der Waals surface area contributed by atoms with Crippen LogP contribution in [0.2, 0.25) is 0 Å². The van der Waals surface area contributed by atoms with Crippen molar-refractivity contribution in [1.29, 1.82) is 0 Å². The molecule has 0 aliphatic heterocycles. The van der Waals surface area contributed by atoms with E-state index in [1.807, 2.05) is 41.0 Å². The van der Waals surface area contributed by atoms with Crippen molar-refractivity contribution < 1.29 is 9.53 Å². The van der Waals surface area contributed by atoms with Crippen molar-refractivity contribution in [1.82, 2.24) is 19.5 Å². The molecule has 4 rings (SSSR count). The zero-order valence-corrected chi connectivity index (χ0v) is 15.9. The molecule has 4 aromatic rings. The summed E-state index contributed by atoms with van der Waals surface area (Å²) in [7, 11) is 1.65. The molecule has 0 fully saturated rings. The van der Waals surface area contributed by atoms with Gasteiger partial charge in [-0.05, 0) is 42.0 Å². The van der Waals surface area contributed by atoms with Gasteiger partial charge in [0.25, 0.3) is 0 Å². The van der Waals surface area contributed by atoms with Crippen LogP contribution in [0.5, 0.6) is 5.75 Å². The van der Waals surface area contributed by atoms with E-state index in [2.05, 4.69) is 21.9 Å². The first-order valence-corrected chi connectivity index (χ1v) is 9.01. The fourth-order valence-corrected chi connectivity index (χ4v) is 3.05. The number of imidazole rings is 1. The maximum atomic E-state index is 11.6. The Morgan fingerprint density at radius 1 is 1.24 bits per heavy atom. The molecule has 1 amide bonds. The number of nitrogens with zero attached hydrogens (tertiary/aromatic N) is 4. The summed E-state index contributed by atoms with van der Waals surface area (Å²) in [6.45, 7) is 3.47. The number of ether oxygens (including phenoxy) is 1. The second kappa shape index (κ2) is 7.93. The average Bonchev–Trinajstić information content (AvgIpc) is 3.17. The van der Waals surface area contributed by atoms with Crippen LogP contribution in [0.3, 0.4) is 0 Å². The first-order chi connectivity index (χ1) is 14.2.